The number of rotatable bonds is 1. The van der Waals surface area contributed by atoms with Crippen molar-refractivity contribution in [2.45, 2.75) is 0 Å². The average Bonchev–Trinajstić information content (AvgIpc) is 2.16. The van der Waals surface area contributed by atoms with Gasteiger partial charge in [-0.15, -0.1) is 0 Å². The lowest BCUT2D eigenvalue weighted by Crippen LogP contribution is -2.00. The van der Waals surface area contributed by atoms with Crippen LogP contribution in [0.2, 0.25) is 0 Å². The third-order valence-corrected chi connectivity index (χ3v) is 2.76. The van der Waals surface area contributed by atoms with Gasteiger partial charge in [-0.3, -0.25) is 0 Å². The van der Waals surface area contributed by atoms with Crippen LogP contribution in [-0.4, -0.2) is 13.1 Å². The van der Waals surface area contributed by atoms with Crippen molar-refractivity contribution in [3.8, 4) is 0 Å². The number of halogens is 2. The van der Waals surface area contributed by atoms with Gasteiger partial charge < -0.3 is 4.74 Å². The summed E-state index contributed by atoms with van der Waals surface area (Å²) in [6.45, 7) is 6.90. The Balaban J connectivity index is 3.29. The van der Waals surface area contributed by atoms with E-state index in [1.165, 1.54) is 7.11 Å². The van der Waals surface area contributed by atoms with Crippen LogP contribution < -0.4 is 0 Å². The zero-order valence-electron chi connectivity index (χ0n) is 7.17. The summed E-state index contributed by atoms with van der Waals surface area (Å²) < 4.78 is 5.70. The van der Waals surface area contributed by atoms with Crippen molar-refractivity contribution in [3.63, 3.8) is 0 Å². The van der Waals surface area contributed by atoms with E-state index in [9.17, 15) is 4.79 Å². The lowest BCUT2D eigenvalue weighted by atomic mass is 10.2. The molecule has 0 unspecified atom stereocenters. The molecule has 72 valence electrons. The van der Waals surface area contributed by atoms with Gasteiger partial charge in [0.1, 0.15) is 0 Å². The molecule has 0 saturated heterocycles. The van der Waals surface area contributed by atoms with E-state index in [2.05, 4.69) is 41.4 Å². The molecule has 0 radical (unpaired) electrons. The summed E-state index contributed by atoms with van der Waals surface area (Å²) in [5, 5.41) is 0. The molecule has 0 aliphatic heterocycles. The Kier molecular flexibility index (Phi) is 3.67. The SMILES string of the molecule is [C-]#[N+]c1c(Br)cc(C(=O)OC)cc1Br. The standard InChI is InChI=1S/C9H5Br2NO2/c1-12-8-6(10)3-5(4-7(8)11)9(13)14-2/h3-4H,2H3. The predicted octanol–water partition coefficient (Wildman–Crippen LogP) is 3.55. The highest BCUT2D eigenvalue weighted by Gasteiger charge is 2.12. The maximum atomic E-state index is 11.2. The van der Waals surface area contributed by atoms with E-state index in [1.807, 2.05) is 0 Å². The Hall–Kier alpha value is -0.860. The maximum Gasteiger partial charge on any atom is 0.337 e. The molecule has 0 amide bonds. The second-order valence-electron chi connectivity index (χ2n) is 2.39. The van der Waals surface area contributed by atoms with Gasteiger partial charge in [0.2, 0.25) is 5.69 Å². The van der Waals surface area contributed by atoms with Crippen LogP contribution >= 0.6 is 31.9 Å². The monoisotopic (exact) mass is 317 g/mol. The van der Waals surface area contributed by atoms with Crippen LogP contribution in [0.1, 0.15) is 10.4 Å². The fraction of sp³-hybridized carbons (Fsp3) is 0.111. The van der Waals surface area contributed by atoms with Crippen molar-refractivity contribution in [2.75, 3.05) is 7.11 Å². The lowest BCUT2D eigenvalue weighted by molar-refractivity contribution is 0.0600. The van der Waals surface area contributed by atoms with Crippen LogP contribution in [-0.2, 0) is 4.74 Å². The molecule has 0 aromatic heterocycles. The van der Waals surface area contributed by atoms with Crippen LogP contribution in [0.15, 0.2) is 21.1 Å². The zero-order valence-corrected chi connectivity index (χ0v) is 10.3. The number of hydrogen-bond donors (Lipinski definition) is 0. The van der Waals surface area contributed by atoms with E-state index in [0.717, 1.165) is 0 Å². The van der Waals surface area contributed by atoms with Crippen molar-refractivity contribution in [1.82, 2.24) is 0 Å². The van der Waals surface area contributed by atoms with Crippen molar-refractivity contribution in [3.05, 3.63) is 38.1 Å². The molecule has 0 N–H and O–H groups in total. The molecule has 14 heavy (non-hydrogen) atoms. The summed E-state index contributed by atoms with van der Waals surface area (Å²) in [6, 6.07) is 3.12. The number of ether oxygens (including phenoxy) is 1. The fourth-order valence-corrected chi connectivity index (χ4v) is 2.27. The van der Waals surface area contributed by atoms with Gasteiger partial charge in [0.25, 0.3) is 0 Å². The molecule has 0 aliphatic carbocycles. The van der Waals surface area contributed by atoms with Crippen molar-refractivity contribution in [2.24, 2.45) is 0 Å². The number of esters is 1. The van der Waals surface area contributed by atoms with E-state index < -0.39 is 5.97 Å². The summed E-state index contributed by atoms with van der Waals surface area (Å²) >= 11 is 6.41. The molecule has 0 bridgehead atoms. The van der Waals surface area contributed by atoms with Crippen LogP contribution in [0.4, 0.5) is 5.69 Å². The molecule has 1 aromatic carbocycles. The van der Waals surface area contributed by atoms with Crippen molar-refractivity contribution in [1.29, 1.82) is 0 Å². The van der Waals surface area contributed by atoms with Crippen LogP contribution in [0, 0.1) is 6.57 Å². The minimum absolute atomic E-state index is 0.402. The molecule has 1 aromatic rings. The van der Waals surface area contributed by atoms with E-state index in [4.69, 9.17) is 6.57 Å². The number of carbonyl (C=O) groups excluding carboxylic acids is 1. The average molecular weight is 319 g/mol. The molecular formula is C9H5Br2NO2. The number of hydrogen-bond acceptors (Lipinski definition) is 2. The summed E-state index contributed by atoms with van der Waals surface area (Å²) in [5.74, 6) is -0.428. The van der Waals surface area contributed by atoms with Crippen molar-refractivity contribution < 1.29 is 9.53 Å². The second-order valence-corrected chi connectivity index (χ2v) is 4.10. The quantitative estimate of drug-likeness (QED) is 0.585. The topological polar surface area (TPSA) is 30.7 Å². The molecule has 0 saturated carbocycles. The van der Waals surface area contributed by atoms with Gasteiger partial charge in [-0.25, -0.2) is 9.64 Å². The van der Waals surface area contributed by atoms with E-state index in [0.29, 0.717) is 20.2 Å². The summed E-state index contributed by atoms with van der Waals surface area (Å²) in [7, 11) is 1.31. The van der Waals surface area contributed by atoms with Gasteiger partial charge in [-0.2, -0.15) is 0 Å². The van der Waals surface area contributed by atoms with Gasteiger partial charge in [0.15, 0.2) is 0 Å². The normalized spacial score (nSPS) is 9.29. The number of carbonyl (C=O) groups is 1. The van der Waals surface area contributed by atoms with Crippen LogP contribution in [0.3, 0.4) is 0 Å². The fourth-order valence-electron chi connectivity index (χ4n) is 0.908. The number of benzene rings is 1. The molecule has 0 aliphatic rings. The molecule has 0 spiro atoms. The smallest absolute Gasteiger partial charge is 0.337 e. The van der Waals surface area contributed by atoms with Gasteiger partial charge in [0, 0.05) is 8.95 Å². The molecule has 0 fully saturated rings. The van der Waals surface area contributed by atoms with Crippen LogP contribution in [0.25, 0.3) is 4.85 Å². The van der Waals surface area contributed by atoms with Gasteiger partial charge in [-0.05, 0) is 12.1 Å². The Morgan fingerprint density at radius 2 is 1.93 bits per heavy atom. The predicted molar refractivity (Wildman–Crippen MR) is 59.4 cm³/mol. The highest BCUT2D eigenvalue weighted by Crippen LogP contribution is 2.34. The summed E-state index contributed by atoms with van der Waals surface area (Å²) in [5.41, 5.74) is 0.844. The Labute approximate surface area is 98.1 Å². The first kappa shape index (κ1) is 11.2. The molecule has 5 heteroatoms. The summed E-state index contributed by atoms with van der Waals surface area (Å²) in [4.78, 5) is 14.5. The Morgan fingerprint density at radius 1 is 1.43 bits per heavy atom. The minimum Gasteiger partial charge on any atom is -0.465 e. The first-order chi connectivity index (χ1) is 6.60. The Bertz CT molecular complexity index is 400. The van der Waals surface area contributed by atoms with Gasteiger partial charge >= 0.3 is 5.97 Å². The lowest BCUT2D eigenvalue weighted by Gasteiger charge is -2.03. The summed E-state index contributed by atoms with van der Waals surface area (Å²) in [6.07, 6.45) is 0. The second kappa shape index (κ2) is 4.58. The largest absolute Gasteiger partial charge is 0.465 e. The van der Waals surface area contributed by atoms with Crippen LogP contribution in [0.5, 0.6) is 0 Å². The maximum absolute atomic E-state index is 11.2. The number of methoxy groups -OCH3 is 1. The minimum atomic E-state index is -0.428. The third kappa shape index (κ3) is 2.14. The van der Waals surface area contributed by atoms with Gasteiger partial charge in [-0.1, -0.05) is 31.9 Å². The Morgan fingerprint density at radius 3 is 2.29 bits per heavy atom. The van der Waals surface area contributed by atoms with Gasteiger partial charge in [0.05, 0.1) is 19.2 Å². The molecule has 0 heterocycles. The van der Waals surface area contributed by atoms with E-state index >= 15 is 0 Å². The molecule has 0 atom stereocenters. The first-order valence-electron chi connectivity index (χ1n) is 3.55. The molecule has 3 nitrogen and oxygen atoms in total. The zero-order chi connectivity index (χ0) is 10.7. The van der Waals surface area contributed by atoms with Crippen molar-refractivity contribution >= 4 is 43.5 Å². The molecule has 1 rings (SSSR count). The highest BCUT2D eigenvalue weighted by molar-refractivity contribution is 9.11. The van der Waals surface area contributed by atoms with E-state index in [-0.39, 0.29) is 0 Å². The third-order valence-electron chi connectivity index (χ3n) is 1.55. The number of nitrogens with zero attached hydrogens (tertiary/aromatic N) is 1. The molecular weight excluding hydrogens is 314 g/mol. The van der Waals surface area contributed by atoms with E-state index in [1.54, 1.807) is 12.1 Å². The first-order valence-corrected chi connectivity index (χ1v) is 5.13. The highest BCUT2D eigenvalue weighted by atomic mass is 79.9.